The van der Waals surface area contributed by atoms with Crippen molar-refractivity contribution in [3.8, 4) is 0 Å². The number of carbonyl (C=O) groups is 1. The average Bonchev–Trinajstić information content (AvgIpc) is 2.58. The van der Waals surface area contributed by atoms with E-state index in [1.165, 1.54) is 0 Å². The summed E-state index contributed by atoms with van der Waals surface area (Å²) in [6, 6.07) is 16.3. The van der Waals surface area contributed by atoms with Gasteiger partial charge in [-0.3, -0.25) is 4.79 Å². The van der Waals surface area contributed by atoms with Crippen molar-refractivity contribution in [1.82, 2.24) is 9.97 Å². The first-order chi connectivity index (χ1) is 11.6. The van der Waals surface area contributed by atoms with E-state index in [9.17, 15) is 4.79 Å². The minimum Gasteiger partial charge on any atom is -0.366 e. The normalized spacial score (nSPS) is 10.4. The zero-order chi connectivity index (χ0) is 16.9. The van der Waals surface area contributed by atoms with Crippen molar-refractivity contribution in [2.24, 2.45) is 5.73 Å². The predicted molar refractivity (Wildman–Crippen MR) is 94.5 cm³/mol. The van der Waals surface area contributed by atoms with Crippen LogP contribution in [0, 0.1) is 0 Å². The number of aromatic nitrogens is 2. The molecule has 0 aliphatic rings. The van der Waals surface area contributed by atoms with E-state index in [1.54, 1.807) is 30.5 Å². The molecule has 0 unspecified atom stereocenters. The van der Waals surface area contributed by atoms with Crippen LogP contribution >= 0.6 is 11.6 Å². The fraction of sp³-hybridized carbons (Fsp3) is 0.0556. The van der Waals surface area contributed by atoms with Crippen LogP contribution in [-0.2, 0) is 6.42 Å². The van der Waals surface area contributed by atoms with Crippen LogP contribution in [0.25, 0.3) is 0 Å². The lowest BCUT2D eigenvalue weighted by Gasteiger charge is -2.08. The summed E-state index contributed by atoms with van der Waals surface area (Å²) >= 11 is 6.19. The third kappa shape index (κ3) is 3.88. The molecule has 6 heteroatoms. The molecule has 5 nitrogen and oxygen atoms in total. The Labute approximate surface area is 144 Å². The fourth-order valence-electron chi connectivity index (χ4n) is 2.24. The van der Waals surface area contributed by atoms with Gasteiger partial charge in [0.15, 0.2) is 0 Å². The molecule has 24 heavy (non-hydrogen) atoms. The quantitative estimate of drug-likeness (QED) is 0.745. The van der Waals surface area contributed by atoms with Crippen LogP contribution in [0.2, 0.25) is 5.02 Å². The molecule has 2 aromatic carbocycles. The Hall–Kier alpha value is -2.92. The number of hydrogen-bond acceptors (Lipinski definition) is 4. The third-order valence-corrected chi connectivity index (χ3v) is 3.84. The highest BCUT2D eigenvalue weighted by Gasteiger charge is 2.05. The Morgan fingerprint density at radius 1 is 1.08 bits per heavy atom. The molecule has 0 radical (unpaired) electrons. The van der Waals surface area contributed by atoms with Gasteiger partial charge >= 0.3 is 0 Å². The van der Waals surface area contributed by atoms with E-state index in [0.717, 1.165) is 16.9 Å². The van der Waals surface area contributed by atoms with Crippen molar-refractivity contribution in [2.75, 3.05) is 5.32 Å². The van der Waals surface area contributed by atoms with Crippen LogP contribution in [0.3, 0.4) is 0 Å². The Bertz CT molecular complexity index is 865. The molecule has 0 spiro atoms. The van der Waals surface area contributed by atoms with Gasteiger partial charge < -0.3 is 11.1 Å². The average molecular weight is 339 g/mol. The van der Waals surface area contributed by atoms with Gasteiger partial charge in [-0.05, 0) is 42.0 Å². The highest BCUT2D eigenvalue weighted by Crippen LogP contribution is 2.19. The minimum absolute atomic E-state index is 0.453. The summed E-state index contributed by atoms with van der Waals surface area (Å²) in [6.45, 7) is 0. The molecule has 0 aliphatic carbocycles. The van der Waals surface area contributed by atoms with Crippen LogP contribution in [-0.4, -0.2) is 15.9 Å². The number of rotatable bonds is 5. The smallest absolute Gasteiger partial charge is 0.248 e. The van der Waals surface area contributed by atoms with Crippen LogP contribution in [0.1, 0.15) is 21.6 Å². The standard InChI is InChI=1S/C18H15ClN4O/c19-16-4-2-1-3-13(16)11-15-9-10-21-18(23-15)22-14-7-5-12(6-8-14)17(20)24/h1-10H,11H2,(H2,20,24)(H,21,22,23). The van der Waals surface area contributed by atoms with Crippen molar-refractivity contribution in [3.63, 3.8) is 0 Å². The Morgan fingerprint density at radius 2 is 1.83 bits per heavy atom. The number of nitrogens with one attached hydrogen (secondary N) is 1. The molecule has 0 bridgehead atoms. The van der Waals surface area contributed by atoms with Gasteiger partial charge in [0.25, 0.3) is 0 Å². The Morgan fingerprint density at radius 3 is 2.54 bits per heavy atom. The number of amides is 1. The number of primary amides is 1. The van der Waals surface area contributed by atoms with E-state index >= 15 is 0 Å². The summed E-state index contributed by atoms with van der Waals surface area (Å²) in [5.74, 6) is 0.0194. The van der Waals surface area contributed by atoms with Crippen LogP contribution in [0.15, 0.2) is 60.8 Å². The third-order valence-electron chi connectivity index (χ3n) is 3.47. The SMILES string of the molecule is NC(=O)c1ccc(Nc2nccc(Cc3ccccc3Cl)n2)cc1. The summed E-state index contributed by atoms with van der Waals surface area (Å²) in [4.78, 5) is 19.8. The van der Waals surface area contributed by atoms with Gasteiger partial charge in [-0.15, -0.1) is 0 Å². The van der Waals surface area contributed by atoms with Gasteiger partial charge in [-0.25, -0.2) is 9.97 Å². The second kappa shape index (κ2) is 7.10. The molecule has 120 valence electrons. The second-order valence-corrected chi connectivity index (χ2v) is 5.61. The molecule has 0 atom stereocenters. The van der Waals surface area contributed by atoms with Gasteiger partial charge in [0.05, 0.1) is 5.69 Å². The molecule has 1 heterocycles. The van der Waals surface area contributed by atoms with E-state index in [0.29, 0.717) is 23.0 Å². The lowest BCUT2D eigenvalue weighted by Crippen LogP contribution is -2.10. The molecule has 3 rings (SSSR count). The first kappa shape index (κ1) is 16.0. The van der Waals surface area contributed by atoms with Crippen molar-refractivity contribution in [1.29, 1.82) is 0 Å². The van der Waals surface area contributed by atoms with E-state index < -0.39 is 5.91 Å². The van der Waals surface area contributed by atoms with Crippen molar-refractivity contribution >= 4 is 29.1 Å². The molecular weight excluding hydrogens is 324 g/mol. The first-order valence-electron chi connectivity index (χ1n) is 7.34. The van der Waals surface area contributed by atoms with Crippen LogP contribution in [0.5, 0.6) is 0 Å². The van der Waals surface area contributed by atoms with Crippen molar-refractivity contribution in [3.05, 3.63) is 82.6 Å². The summed E-state index contributed by atoms with van der Waals surface area (Å²) in [5.41, 5.74) is 8.32. The predicted octanol–water partition coefficient (Wildman–Crippen LogP) is 3.56. The highest BCUT2D eigenvalue weighted by atomic mass is 35.5. The number of anilines is 2. The topological polar surface area (TPSA) is 80.9 Å². The molecule has 0 aliphatic heterocycles. The largest absolute Gasteiger partial charge is 0.366 e. The minimum atomic E-state index is -0.459. The molecule has 0 saturated heterocycles. The van der Waals surface area contributed by atoms with Gasteiger partial charge in [0, 0.05) is 28.9 Å². The monoisotopic (exact) mass is 338 g/mol. The Kier molecular flexibility index (Phi) is 4.72. The zero-order valence-corrected chi connectivity index (χ0v) is 13.5. The van der Waals surface area contributed by atoms with Gasteiger partial charge in [0.2, 0.25) is 11.9 Å². The van der Waals surface area contributed by atoms with E-state index in [4.69, 9.17) is 17.3 Å². The summed E-state index contributed by atoms with van der Waals surface area (Å²) in [6.07, 6.45) is 2.32. The molecule has 3 aromatic rings. The van der Waals surface area contributed by atoms with Crippen LogP contribution < -0.4 is 11.1 Å². The summed E-state index contributed by atoms with van der Waals surface area (Å²) in [7, 11) is 0. The maximum absolute atomic E-state index is 11.1. The molecule has 1 aromatic heterocycles. The van der Waals surface area contributed by atoms with E-state index in [-0.39, 0.29) is 0 Å². The number of benzene rings is 2. The number of nitrogens with zero attached hydrogens (tertiary/aromatic N) is 2. The van der Waals surface area contributed by atoms with E-state index in [2.05, 4.69) is 15.3 Å². The van der Waals surface area contributed by atoms with Gasteiger partial charge in [0.1, 0.15) is 0 Å². The summed E-state index contributed by atoms with van der Waals surface area (Å²) < 4.78 is 0. The highest BCUT2D eigenvalue weighted by molar-refractivity contribution is 6.31. The number of hydrogen-bond donors (Lipinski definition) is 2. The van der Waals surface area contributed by atoms with Gasteiger partial charge in [-0.2, -0.15) is 0 Å². The Balaban J connectivity index is 1.75. The second-order valence-electron chi connectivity index (χ2n) is 5.21. The number of halogens is 1. The van der Waals surface area contributed by atoms with Crippen LogP contribution in [0.4, 0.5) is 11.6 Å². The number of carbonyl (C=O) groups excluding carboxylic acids is 1. The zero-order valence-electron chi connectivity index (χ0n) is 12.7. The van der Waals surface area contributed by atoms with Crippen molar-refractivity contribution in [2.45, 2.75) is 6.42 Å². The molecule has 0 fully saturated rings. The maximum atomic E-state index is 11.1. The molecule has 1 amide bonds. The maximum Gasteiger partial charge on any atom is 0.248 e. The molecule has 3 N–H and O–H groups in total. The van der Waals surface area contributed by atoms with E-state index in [1.807, 2.05) is 30.3 Å². The molecular formula is C18H15ClN4O. The number of nitrogens with two attached hydrogens (primary N) is 1. The molecule has 0 saturated carbocycles. The lowest BCUT2D eigenvalue weighted by molar-refractivity contribution is 0.100. The van der Waals surface area contributed by atoms with Crippen molar-refractivity contribution < 1.29 is 4.79 Å². The first-order valence-corrected chi connectivity index (χ1v) is 7.72. The lowest BCUT2D eigenvalue weighted by atomic mass is 10.1. The van der Waals surface area contributed by atoms with Gasteiger partial charge in [-0.1, -0.05) is 29.8 Å². The fourth-order valence-corrected chi connectivity index (χ4v) is 2.44. The summed E-state index contributed by atoms with van der Waals surface area (Å²) in [5, 5.41) is 3.82.